The number of halogens is 1. The van der Waals surface area contributed by atoms with E-state index in [9.17, 15) is 0 Å². The zero-order chi connectivity index (χ0) is 11.5. The second kappa shape index (κ2) is 5.04. The third-order valence-corrected chi connectivity index (χ3v) is 3.11. The highest BCUT2D eigenvalue weighted by Gasteiger charge is 2.21. The first kappa shape index (κ1) is 11.7. The summed E-state index contributed by atoms with van der Waals surface area (Å²) in [7, 11) is 1.63. The monoisotopic (exact) mass is 241 g/mol. The Morgan fingerprint density at radius 1 is 1.50 bits per heavy atom. The maximum Gasteiger partial charge on any atom is 0.120 e. The predicted octanol–water partition coefficient (Wildman–Crippen LogP) is 2.40. The van der Waals surface area contributed by atoms with Gasteiger partial charge in [-0.15, -0.1) is 0 Å². The molecule has 1 aliphatic heterocycles. The molecule has 1 N–H and O–H groups in total. The SMILES string of the molecule is COc1ccc(C2COC(C)CN2)c(Cl)c1. The van der Waals surface area contributed by atoms with Crippen LogP contribution in [-0.2, 0) is 4.74 Å². The number of hydrogen-bond acceptors (Lipinski definition) is 3. The molecule has 3 nitrogen and oxygen atoms in total. The minimum absolute atomic E-state index is 0.176. The van der Waals surface area contributed by atoms with Crippen molar-refractivity contribution in [1.29, 1.82) is 0 Å². The van der Waals surface area contributed by atoms with Crippen molar-refractivity contribution in [2.75, 3.05) is 20.3 Å². The van der Waals surface area contributed by atoms with Gasteiger partial charge in [0.05, 0.1) is 25.9 Å². The first-order chi connectivity index (χ1) is 7.70. The van der Waals surface area contributed by atoms with Gasteiger partial charge in [0.2, 0.25) is 0 Å². The van der Waals surface area contributed by atoms with Gasteiger partial charge in [0.1, 0.15) is 5.75 Å². The molecule has 4 heteroatoms. The zero-order valence-corrected chi connectivity index (χ0v) is 10.3. The quantitative estimate of drug-likeness (QED) is 0.863. The number of nitrogens with one attached hydrogen (secondary N) is 1. The van der Waals surface area contributed by atoms with E-state index in [2.05, 4.69) is 12.2 Å². The van der Waals surface area contributed by atoms with Gasteiger partial charge >= 0.3 is 0 Å². The van der Waals surface area contributed by atoms with E-state index in [0.717, 1.165) is 22.9 Å². The Morgan fingerprint density at radius 2 is 2.31 bits per heavy atom. The first-order valence-corrected chi connectivity index (χ1v) is 5.77. The normalized spacial score (nSPS) is 25.4. The average molecular weight is 242 g/mol. The van der Waals surface area contributed by atoms with E-state index >= 15 is 0 Å². The largest absolute Gasteiger partial charge is 0.497 e. The minimum atomic E-state index is 0.176. The van der Waals surface area contributed by atoms with Crippen molar-refractivity contribution >= 4 is 11.6 Å². The summed E-state index contributed by atoms with van der Waals surface area (Å²) in [5, 5.41) is 4.13. The fraction of sp³-hybridized carbons (Fsp3) is 0.500. The van der Waals surface area contributed by atoms with E-state index < -0.39 is 0 Å². The summed E-state index contributed by atoms with van der Waals surface area (Å²) in [6.45, 7) is 3.57. The van der Waals surface area contributed by atoms with Gasteiger partial charge in [-0.1, -0.05) is 17.7 Å². The van der Waals surface area contributed by atoms with Crippen molar-refractivity contribution in [3.8, 4) is 5.75 Å². The van der Waals surface area contributed by atoms with E-state index in [4.69, 9.17) is 21.1 Å². The van der Waals surface area contributed by atoms with E-state index in [1.165, 1.54) is 0 Å². The maximum absolute atomic E-state index is 6.20. The standard InChI is InChI=1S/C12H16ClNO2/c1-8-6-14-12(7-16-8)10-4-3-9(15-2)5-11(10)13/h3-5,8,12,14H,6-7H2,1-2H3. The summed E-state index contributed by atoms with van der Waals surface area (Å²) in [4.78, 5) is 0. The van der Waals surface area contributed by atoms with Crippen LogP contribution in [-0.4, -0.2) is 26.4 Å². The lowest BCUT2D eigenvalue weighted by atomic mass is 10.1. The fourth-order valence-corrected chi connectivity index (χ4v) is 2.11. The number of hydrogen-bond donors (Lipinski definition) is 1. The minimum Gasteiger partial charge on any atom is -0.497 e. The molecule has 0 spiro atoms. The highest BCUT2D eigenvalue weighted by atomic mass is 35.5. The van der Waals surface area contributed by atoms with Crippen molar-refractivity contribution in [2.24, 2.45) is 0 Å². The van der Waals surface area contributed by atoms with Crippen LogP contribution in [0, 0.1) is 0 Å². The topological polar surface area (TPSA) is 30.5 Å². The molecule has 0 amide bonds. The number of methoxy groups -OCH3 is 1. The predicted molar refractivity (Wildman–Crippen MR) is 64.2 cm³/mol. The Bertz CT molecular complexity index is 362. The molecule has 0 aromatic heterocycles. The Balaban J connectivity index is 2.14. The van der Waals surface area contributed by atoms with Gasteiger partial charge in [0.25, 0.3) is 0 Å². The van der Waals surface area contributed by atoms with Crippen molar-refractivity contribution in [3.05, 3.63) is 28.8 Å². The van der Waals surface area contributed by atoms with Crippen LogP contribution in [0.1, 0.15) is 18.5 Å². The second-order valence-corrected chi connectivity index (χ2v) is 4.40. The van der Waals surface area contributed by atoms with Crippen molar-refractivity contribution in [3.63, 3.8) is 0 Å². The van der Waals surface area contributed by atoms with E-state index in [-0.39, 0.29) is 12.1 Å². The molecule has 1 aliphatic rings. The summed E-state index contributed by atoms with van der Waals surface area (Å²) in [6, 6.07) is 5.91. The molecule has 0 aliphatic carbocycles. The smallest absolute Gasteiger partial charge is 0.120 e. The molecular formula is C12H16ClNO2. The van der Waals surface area contributed by atoms with Crippen LogP contribution >= 0.6 is 11.6 Å². The summed E-state index contributed by atoms with van der Waals surface area (Å²) in [5.74, 6) is 0.777. The van der Waals surface area contributed by atoms with Crippen LogP contribution in [0.2, 0.25) is 5.02 Å². The fourth-order valence-electron chi connectivity index (χ4n) is 1.80. The van der Waals surface area contributed by atoms with Gasteiger partial charge < -0.3 is 14.8 Å². The van der Waals surface area contributed by atoms with Crippen molar-refractivity contribution < 1.29 is 9.47 Å². The molecule has 1 fully saturated rings. The molecule has 0 bridgehead atoms. The van der Waals surface area contributed by atoms with Gasteiger partial charge in [-0.3, -0.25) is 0 Å². The third kappa shape index (κ3) is 2.48. The Hall–Kier alpha value is -0.770. The number of benzene rings is 1. The number of ether oxygens (including phenoxy) is 2. The molecule has 2 unspecified atom stereocenters. The molecule has 2 rings (SSSR count). The lowest BCUT2D eigenvalue weighted by Gasteiger charge is -2.29. The molecule has 0 radical (unpaired) electrons. The van der Waals surface area contributed by atoms with Crippen LogP contribution in [0.25, 0.3) is 0 Å². The van der Waals surface area contributed by atoms with Gasteiger partial charge in [-0.2, -0.15) is 0 Å². The third-order valence-electron chi connectivity index (χ3n) is 2.78. The maximum atomic E-state index is 6.20. The van der Waals surface area contributed by atoms with E-state index in [0.29, 0.717) is 6.61 Å². The van der Waals surface area contributed by atoms with Gasteiger partial charge in [0, 0.05) is 11.6 Å². The Kier molecular flexibility index (Phi) is 3.69. The van der Waals surface area contributed by atoms with Crippen LogP contribution in [0.15, 0.2) is 18.2 Å². The van der Waals surface area contributed by atoms with Gasteiger partial charge in [-0.25, -0.2) is 0 Å². The Labute approximate surface area is 101 Å². The summed E-state index contributed by atoms with van der Waals surface area (Å²) < 4.78 is 10.7. The summed E-state index contributed by atoms with van der Waals surface area (Å²) in [6.07, 6.45) is 0.272. The number of rotatable bonds is 2. The second-order valence-electron chi connectivity index (χ2n) is 3.99. The number of morpholine rings is 1. The van der Waals surface area contributed by atoms with Gasteiger partial charge in [-0.05, 0) is 24.6 Å². The molecule has 1 aromatic carbocycles. The van der Waals surface area contributed by atoms with E-state index in [1.54, 1.807) is 7.11 Å². The lowest BCUT2D eigenvalue weighted by Crippen LogP contribution is -2.39. The molecule has 1 aromatic rings. The van der Waals surface area contributed by atoms with E-state index in [1.807, 2.05) is 18.2 Å². The first-order valence-electron chi connectivity index (χ1n) is 5.39. The molecule has 88 valence electrons. The molecular weight excluding hydrogens is 226 g/mol. The van der Waals surface area contributed by atoms with Crippen LogP contribution < -0.4 is 10.1 Å². The summed E-state index contributed by atoms with van der Waals surface area (Å²) in [5.41, 5.74) is 1.06. The lowest BCUT2D eigenvalue weighted by molar-refractivity contribution is 0.0149. The highest BCUT2D eigenvalue weighted by molar-refractivity contribution is 6.31. The molecule has 0 saturated carbocycles. The molecule has 1 saturated heterocycles. The van der Waals surface area contributed by atoms with Crippen LogP contribution in [0.5, 0.6) is 5.75 Å². The molecule has 2 atom stereocenters. The highest BCUT2D eigenvalue weighted by Crippen LogP contribution is 2.28. The average Bonchev–Trinajstić information content (AvgIpc) is 2.30. The molecule has 1 heterocycles. The van der Waals surface area contributed by atoms with Crippen LogP contribution in [0.4, 0.5) is 0 Å². The van der Waals surface area contributed by atoms with Crippen molar-refractivity contribution in [2.45, 2.75) is 19.1 Å². The van der Waals surface area contributed by atoms with Gasteiger partial charge in [0.15, 0.2) is 0 Å². The van der Waals surface area contributed by atoms with Crippen LogP contribution in [0.3, 0.4) is 0 Å². The molecule has 16 heavy (non-hydrogen) atoms. The summed E-state index contributed by atoms with van der Waals surface area (Å²) >= 11 is 6.20. The zero-order valence-electron chi connectivity index (χ0n) is 9.50. The van der Waals surface area contributed by atoms with Crippen molar-refractivity contribution in [1.82, 2.24) is 5.32 Å². The Morgan fingerprint density at radius 3 is 2.88 bits per heavy atom.